The van der Waals surface area contributed by atoms with Crippen molar-refractivity contribution in [3.63, 3.8) is 0 Å². The molecular weight excluding hydrogens is 468 g/mol. The minimum atomic E-state index is -1.46. The molecule has 13 N–H and O–H groups in total. The number of nitrogens with two attached hydrogens (primary N) is 3. The standard InChI is InChI=1S/C21H42N4O10/c1-3-4-25-9-5-8(23)18(34-20-11(24)14(29)15(30)17(33-20)7(2)26)19(12(9)27)35-21-16(31)13(28)10(6-22)32-21/h7-21,25-31H,3-6,22-24H2,1-2H3/t7-,8?,9-,10-,11?,12-,13?,14-,15+,16+,17?,18-,19?,20-,21+/m1/s1. The first-order valence-electron chi connectivity index (χ1n) is 12.2. The van der Waals surface area contributed by atoms with Gasteiger partial charge in [-0.2, -0.15) is 0 Å². The first kappa shape index (κ1) is 29.0. The van der Waals surface area contributed by atoms with E-state index in [9.17, 15) is 30.6 Å². The Morgan fingerprint density at radius 2 is 1.57 bits per heavy atom. The summed E-state index contributed by atoms with van der Waals surface area (Å²) in [6.07, 6.45) is -13.7. The molecule has 0 aromatic heterocycles. The molecule has 14 nitrogen and oxygen atoms in total. The van der Waals surface area contributed by atoms with E-state index in [1.54, 1.807) is 0 Å². The van der Waals surface area contributed by atoms with Crippen molar-refractivity contribution < 1.29 is 49.6 Å². The molecule has 3 aliphatic rings. The van der Waals surface area contributed by atoms with Crippen LogP contribution in [-0.2, 0) is 18.9 Å². The lowest BCUT2D eigenvalue weighted by atomic mass is 9.83. The SMILES string of the molecule is CCCN[C@@H]1CC(N)[C@@H](O[C@H]2OC([C@@H](C)O)[C@@H](O)[C@H](O)C2N)C(O[C@@H]2O[C@H](CN)C(O)[C@@H]2O)[C@@H]1O. The van der Waals surface area contributed by atoms with E-state index >= 15 is 0 Å². The Morgan fingerprint density at radius 3 is 2.14 bits per heavy atom. The van der Waals surface area contributed by atoms with Crippen LogP contribution in [0.2, 0.25) is 0 Å². The maximum atomic E-state index is 11.2. The van der Waals surface area contributed by atoms with Crippen LogP contribution in [0, 0.1) is 0 Å². The molecule has 206 valence electrons. The molecule has 2 aliphatic heterocycles. The largest absolute Gasteiger partial charge is 0.391 e. The van der Waals surface area contributed by atoms with Gasteiger partial charge in [-0.15, -0.1) is 0 Å². The van der Waals surface area contributed by atoms with Gasteiger partial charge in [0.2, 0.25) is 0 Å². The fourth-order valence-corrected chi connectivity index (χ4v) is 4.87. The maximum absolute atomic E-state index is 11.2. The minimum absolute atomic E-state index is 0.0584. The third-order valence-electron chi connectivity index (χ3n) is 6.97. The minimum Gasteiger partial charge on any atom is -0.391 e. The normalized spacial score (nSPS) is 49.8. The van der Waals surface area contributed by atoms with Gasteiger partial charge in [0.1, 0.15) is 48.8 Å². The fourth-order valence-electron chi connectivity index (χ4n) is 4.87. The van der Waals surface area contributed by atoms with Crippen LogP contribution in [0.3, 0.4) is 0 Å². The molecular formula is C21H42N4O10. The van der Waals surface area contributed by atoms with Crippen LogP contribution in [0.1, 0.15) is 26.7 Å². The molecule has 15 atom stereocenters. The predicted molar refractivity (Wildman–Crippen MR) is 120 cm³/mol. The van der Waals surface area contributed by atoms with Crippen molar-refractivity contribution in [1.29, 1.82) is 0 Å². The zero-order chi connectivity index (χ0) is 26.0. The molecule has 0 aromatic rings. The monoisotopic (exact) mass is 510 g/mol. The Kier molecular flexibility index (Phi) is 10.2. The van der Waals surface area contributed by atoms with E-state index in [-0.39, 0.29) is 6.54 Å². The smallest absolute Gasteiger partial charge is 0.187 e. The van der Waals surface area contributed by atoms with Gasteiger partial charge in [-0.05, 0) is 26.3 Å². The molecule has 2 saturated heterocycles. The van der Waals surface area contributed by atoms with Crippen molar-refractivity contribution in [3.8, 4) is 0 Å². The summed E-state index contributed by atoms with van der Waals surface area (Å²) in [4.78, 5) is 0. The molecule has 2 heterocycles. The molecule has 14 heteroatoms. The van der Waals surface area contributed by atoms with Crippen molar-refractivity contribution in [2.24, 2.45) is 17.2 Å². The Bertz CT molecular complexity index is 666. The third-order valence-corrected chi connectivity index (χ3v) is 6.97. The fraction of sp³-hybridized carbons (Fsp3) is 1.00. The highest BCUT2D eigenvalue weighted by Gasteiger charge is 2.52. The lowest BCUT2D eigenvalue weighted by molar-refractivity contribution is -0.315. The number of nitrogens with one attached hydrogen (secondary N) is 1. The van der Waals surface area contributed by atoms with E-state index < -0.39 is 91.7 Å². The van der Waals surface area contributed by atoms with Gasteiger partial charge in [-0.1, -0.05) is 6.92 Å². The molecule has 1 aliphatic carbocycles. The molecule has 0 radical (unpaired) electrons. The van der Waals surface area contributed by atoms with Gasteiger partial charge in [0.05, 0.1) is 18.2 Å². The quantitative estimate of drug-likeness (QED) is 0.139. The molecule has 0 bridgehead atoms. The Balaban J connectivity index is 1.82. The summed E-state index contributed by atoms with van der Waals surface area (Å²) in [6.45, 7) is 3.91. The van der Waals surface area contributed by atoms with E-state index in [1.807, 2.05) is 6.92 Å². The van der Waals surface area contributed by atoms with Crippen molar-refractivity contribution in [1.82, 2.24) is 5.32 Å². The van der Waals surface area contributed by atoms with Gasteiger partial charge < -0.3 is 72.1 Å². The van der Waals surface area contributed by atoms with Crippen LogP contribution in [0.5, 0.6) is 0 Å². The highest BCUT2D eigenvalue weighted by atomic mass is 16.7. The van der Waals surface area contributed by atoms with Crippen LogP contribution in [-0.4, -0.2) is 135 Å². The highest BCUT2D eigenvalue weighted by Crippen LogP contribution is 2.32. The Hall–Kier alpha value is -0.560. The second-order valence-corrected chi connectivity index (χ2v) is 9.68. The molecule has 0 spiro atoms. The molecule has 0 aromatic carbocycles. The maximum Gasteiger partial charge on any atom is 0.187 e. The Labute approximate surface area is 204 Å². The van der Waals surface area contributed by atoms with Crippen LogP contribution in [0.25, 0.3) is 0 Å². The number of rotatable bonds is 9. The molecule has 0 amide bonds. The van der Waals surface area contributed by atoms with Gasteiger partial charge in [0.25, 0.3) is 0 Å². The van der Waals surface area contributed by atoms with Gasteiger partial charge in [0, 0.05) is 18.6 Å². The summed E-state index contributed by atoms with van der Waals surface area (Å²) in [6, 6.07) is -2.38. The topological polar surface area (TPSA) is 248 Å². The van der Waals surface area contributed by atoms with Crippen LogP contribution < -0.4 is 22.5 Å². The van der Waals surface area contributed by atoms with Gasteiger partial charge in [0.15, 0.2) is 12.6 Å². The van der Waals surface area contributed by atoms with E-state index in [0.29, 0.717) is 13.0 Å². The molecule has 35 heavy (non-hydrogen) atoms. The van der Waals surface area contributed by atoms with Crippen LogP contribution in [0.4, 0.5) is 0 Å². The Morgan fingerprint density at radius 1 is 0.914 bits per heavy atom. The summed E-state index contributed by atoms with van der Waals surface area (Å²) >= 11 is 0. The molecule has 3 rings (SSSR count). The average molecular weight is 511 g/mol. The van der Waals surface area contributed by atoms with Crippen LogP contribution >= 0.6 is 0 Å². The van der Waals surface area contributed by atoms with E-state index in [4.69, 9.17) is 36.1 Å². The second-order valence-electron chi connectivity index (χ2n) is 9.68. The van der Waals surface area contributed by atoms with E-state index in [0.717, 1.165) is 6.42 Å². The van der Waals surface area contributed by atoms with Crippen molar-refractivity contribution in [2.75, 3.05) is 13.1 Å². The zero-order valence-corrected chi connectivity index (χ0v) is 20.0. The van der Waals surface area contributed by atoms with Crippen molar-refractivity contribution in [3.05, 3.63) is 0 Å². The zero-order valence-electron chi connectivity index (χ0n) is 20.0. The summed E-state index contributed by atoms with van der Waals surface area (Å²) in [7, 11) is 0. The van der Waals surface area contributed by atoms with Crippen LogP contribution in [0.15, 0.2) is 0 Å². The van der Waals surface area contributed by atoms with Gasteiger partial charge in [-0.25, -0.2) is 0 Å². The first-order valence-corrected chi connectivity index (χ1v) is 12.2. The number of hydrogen-bond acceptors (Lipinski definition) is 14. The number of aliphatic hydroxyl groups excluding tert-OH is 6. The predicted octanol–water partition coefficient (Wildman–Crippen LogP) is -5.22. The lowest BCUT2D eigenvalue weighted by Gasteiger charge is -2.48. The molecule has 3 fully saturated rings. The second kappa shape index (κ2) is 12.3. The highest BCUT2D eigenvalue weighted by molar-refractivity contribution is 5.02. The third kappa shape index (κ3) is 6.13. The van der Waals surface area contributed by atoms with Gasteiger partial charge >= 0.3 is 0 Å². The molecule has 1 saturated carbocycles. The summed E-state index contributed by atoms with van der Waals surface area (Å²) < 4.78 is 23.2. The summed E-state index contributed by atoms with van der Waals surface area (Å²) in [5, 5.41) is 65.5. The number of aliphatic hydroxyl groups is 6. The molecule has 5 unspecified atom stereocenters. The van der Waals surface area contributed by atoms with E-state index in [2.05, 4.69) is 5.32 Å². The van der Waals surface area contributed by atoms with E-state index in [1.165, 1.54) is 6.92 Å². The summed E-state index contributed by atoms with van der Waals surface area (Å²) in [5.74, 6) is 0. The summed E-state index contributed by atoms with van der Waals surface area (Å²) in [5.41, 5.74) is 18.0. The average Bonchev–Trinajstić information content (AvgIpc) is 3.09. The van der Waals surface area contributed by atoms with Gasteiger partial charge in [-0.3, -0.25) is 0 Å². The number of hydrogen-bond donors (Lipinski definition) is 10. The number of ether oxygens (including phenoxy) is 4. The lowest BCUT2D eigenvalue weighted by Crippen LogP contribution is -2.68. The van der Waals surface area contributed by atoms with Crippen molar-refractivity contribution >= 4 is 0 Å². The first-order chi connectivity index (χ1) is 16.5. The van der Waals surface area contributed by atoms with Crippen molar-refractivity contribution in [2.45, 2.75) is 118 Å².